The van der Waals surface area contributed by atoms with E-state index in [9.17, 15) is 27.5 Å². The fourth-order valence-corrected chi connectivity index (χ4v) is 6.91. The number of halogens is 2. The van der Waals surface area contributed by atoms with E-state index in [1.807, 2.05) is 0 Å². The van der Waals surface area contributed by atoms with Gasteiger partial charge < -0.3 is 19.6 Å². The van der Waals surface area contributed by atoms with Crippen LogP contribution in [0.5, 0.6) is 5.75 Å². The second-order valence-corrected chi connectivity index (χ2v) is 12.6. The molecule has 1 N–H and O–H groups in total. The van der Waals surface area contributed by atoms with Crippen molar-refractivity contribution < 1.29 is 31.8 Å². The molecule has 0 unspecified atom stereocenters. The first-order valence-electron chi connectivity index (χ1n) is 13.6. The summed E-state index contributed by atoms with van der Waals surface area (Å²) >= 11 is 0. The fourth-order valence-electron chi connectivity index (χ4n) is 5.39. The van der Waals surface area contributed by atoms with Crippen molar-refractivity contribution in [2.45, 2.75) is 23.2 Å². The minimum absolute atomic E-state index is 0.0104. The summed E-state index contributed by atoms with van der Waals surface area (Å²) in [5, 5.41) is 9.12. The number of phenols is 1. The van der Waals surface area contributed by atoms with Gasteiger partial charge in [0.25, 0.3) is 0 Å². The summed E-state index contributed by atoms with van der Waals surface area (Å²) in [6.07, 6.45) is 2.46. The molecule has 4 aromatic rings. The molecule has 15 heteroatoms. The number of rotatable bonds is 6. The third kappa shape index (κ3) is 4.77. The lowest BCUT2D eigenvalue weighted by atomic mass is 10.1. The first-order valence-corrected chi connectivity index (χ1v) is 15.1. The molecule has 0 bridgehead atoms. The molecule has 5 heterocycles. The van der Waals surface area contributed by atoms with Crippen molar-refractivity contribution in [2.24, 2.45) is 0 Å². The fraction of sp³-hybridized carbons (Fsp3) is 0.276. The van der Waals surface area contributed by atoms with Crippen LogP contribution in [0.25, 0.3) is 28.0 Å². The van der Waals surface area contributed by atoms with Crippen molar-refractivity contribution in [1.82, 2.24) is 24.4 Å². The maximum absolute atomic E-state index is 15.8. The van der Waals surface area contributed by atoms with Gasteiger partial charge in [-0.1, -0.05) is 12.6 Å². The van der Waals surface area contributed by atoms with Crippen molar-refractivity contribution in [3.63, 3.8) is 0 Å². The Kier molecular flexibility index (Phi) is 7.37. The van der Waals surface area contributed by atoms with E-state index in [-0.39, 0.29) is 67.3 Å². The van der Waals surface area contributed by atoms with Gasteiger partial charge in [0.05, 0.1) is 29.9 Å². The van der Waals surface area contributed by atoms with Crippen LogP contribution in [0, 0.1) is 11.6 Å². The standard InChI is InChI=1S/C29H26F2N6O6S/c1-3-23(39)35-10-11-36(16(2)13-35)26-18-12-20(31)25(24-19(30)6-4-8-22(24)38)33-27(18)37(29(40)34-26)21-7-5-9-32-28(21)44(41,42)17-14-43-15-17/h3-9,12,16-17,38H,1,10-11,13-15H2,2H3/t16-/m0/s1. The highest BCUT2D eigenvalue weighted by atomic mass is 32.2. The Balaban J connectivity index is 1.63. The number of hydrogen-bond acceptors (Lipinski definition) is 10. The maximum Gasteiger partial charge on any atom is 0.355 e. The van der Waals surface area contributed by atoms with Crippen LogP contribution in [0.15, 0.2) is 65.1 Å². The van der Waals surface area contributed by atoms with Crippen LogP contribution in [0.4, 0.5) is 14.6 Å². The van der Waals surface area contributed by atoms with E-state index in [0.29, 0.717) is 0 Å². The second kappa shape index (κ2) is 11.1. The second-order valence-electron chi connectivity index (χ2n) is 10.4. The average Bonchev–Trinajstić information content (AvgIpc) is 2.96. The van der Waals surface area contributed by atoms with Gasteiger partial charge in [0.15, 0.2) is 16.5 Å². The number of ether oxygens (including phenoxy) is 1. The van der Waals surface area contributed by atoms with Crippen LogP contribution in [-0.4, -0.2) is 88.0 Å². The number of hydrogen-bond donors (Lipinski definition) is 1. The van der Waals surface area contributed by atoms with Crippen LogP contribution in [-0.2, 0) is 19.4 Å². The van der Waals surface area contributed by atoms with Gasteiger partial charge in [-0.15, -0.1) is 0 Å². The Morgan fingerprint density at radius 1 is 1.14 bits per heavy atom. The SMILES string of the molecule is C=CC(=O)N1CCN(c2nc(=O)n(-c3cccnc3S(=O)(=O)C3COC3)c3nc(-c4c(O)cccc4F)c(F)cc23)[C@@H](C)C1. The van der Waals surface area contributed by atoms with E-state index in [2.05, 4.69) is 21.5 Å². The lowest BCUT2D eigenvalue weighted by Crippen LogP contribution is -2.54. The number of anilines is 1. The molecule has 1 atom stereocenters. The van der Waals surface area contributed by atoms with Gasteiger partial charge >= 0.3 is 5.69 Å². The van der Waals surface area contributed by atoms with Crippen LogP contribution >= 0.6 is 0 Å². The summed E-state index contributed by atoms with van der Waals surface area (Å²) < 4.78 is 63.6. The highest BCUT2D eigenvalue weighted by Crippen LogP contribution is 2.36. The summed E-state index contributed by atoms with van der Waals surface area (Å²) in [4.78, 5) is 42.1. The average molecular weight is 625 g/mol. The number of sulfone groups is 1. The van der Waals surface area contributed by atoms with Crippen molar-refractivity contribution >= 4 is 32.6 Å². The smallest absolute Gasteiger partial charge is 0.355 e. The molecule has 44 heavy (non-hydrogen) atoms. The Bertz CT molecular complexity index is 1980. The number of pyridine rings is 2. The summed E-state index contributed by atoms with van der Waals surface area (Å²) in [5.41, 5.74) is -2.54. The highest BCUT2D eigenvalue weighted by Gasteiger charge is 2.38. The first kappa shape index (κ1) is 29.3. The lowest BCUT2D eigenvalue weighted by molar-refractivity contribution is -0.126. The minimum Gasteiger partial charge on any atom is -0.507 e. The molecular formula is C29H26F2N6O6S. The van der Waals surface area contributed by atoms with E-state index in [1.165, 1.54) is 30.5 Å². The van der Waals surface area contributed by atoms with Gasteiger partial charge in [-0.05, 0) is 43.3 Å². The van der Waals surface area contributed by atoms with Crippen molar-refractivity contribution in [3.8, 4) is 22.7 Å². The Hall–Kier alpha value is -4.76. The van der Waals surface area contributed by atoms with Gasteiger partial charge in [0, 0.05) is 31.9 Å². The molecule has 3 aromatic heterocycles. The predicted octanol–water partition coefficient (Wildman–Crippen LogP) is 2.22. The molecule has 228 valence electrons. The maximum atomic E-state index is 15.8. The molecule has 6 rings (SSSR count). The van der Waals surface area contributed by atoms with E-state index in [4.69, 9.17) is 4.74 Å². The molecule has 1 amide bonds. The molecule has 0 saturated carbocycles. The van der Waals surface area contributed by atoms with Crippen LogP contribution in [0.3, 0.4) is 0 Å². The Labute approximate surface area is 249 Å². The number of phenolic OH excluding ortho intramolecular Hbond substituents is 1. The van der Waals surface area contributed by atoms with E-state index < -0.39 is 54.4 Å². The van der Waals surface area contributed by atoms with E-state index in [1.54, 1.807) is 16.7 Å². The molecule has 0 spiro atoms. The summed E-state index contributed by atoms with van der Waals surface area (Å²) in [6, 6.07) is 6.81. The first-order chi connectivity index (χ1) is 21.0. The number of piperazine rings is 1. The highest BCUT2D eigenvalue weighted by molar-refractivity contribution is 7.92. The van der Waals surface area contributed by atoms with Crippen molar-refractivity contribution in [1.29, 1.82) is 0 Å². The molecule has 1 aromatic carbocycles. The van der Waals surface area contributed by atoms with Gasteiger partial charge in [0.2, 0.25) is 15.7 Å². The van der Waals surface area contributed by atoms with Crippen molar-refractivity contribution in [2.75, 3.05) is 37.7 Å². The monoisotopic (exact) mass is 624 g/mol. The normalized spacial score (nSPS) is 17.5. The predicted molar refractivity (Wildman–Crippen MR) is 155 cm³/mol. The van der Waals surface area contributed by atoms with Gasteiger partial charge in [-0.2, -0.15) is 4.98 Å². The van der Waals surface area contributed by atoms with Crippen molar-refractivity contribution in [3.05, 3.63) is 77.4 Å². The molecule has 2 saturated heterocycles. The quantitative estimate of drug-likeness (QED) is 0.317. The largest absolute Gasteiger partial charge is 0.507 e. The Morgan fingerprint density at radius 2 is 1.91 bits per heavy atom. The zero-order valence-electron chi connectivity index (χ0n) is 23.4. The van der Waals surface area contributed by atoms with Crippen LogP contribution < -0.4 is 10.6 Å². The van der Waals surface area contributed by atoms with Gasteiger partial charge in [0.1, 0.15) is 28.3 Å². The van der Waals surface area contributed by atoms with E-state index >= 15 is 4.39 Å². The van der Waals surface area contributed by atoms with E-state index in [0.717, 1.165) is 22.8 Å². The number of benzene rings is 1. The summed E-state index contributed by atoms with van der Waals surface area (Å²) in [6.45, 7) is 5.94. The third-order valence-corrected chi connectivity index (χ3v) is 9.73. The number of aromatic nitrogens is 4. The molecule has 2 aliphatic rings. The summed E-state index contributed by atoms with van der Waals surface area (Å²) in [5.74, 6) is -2.81. The molecular weight excluding hydrogens is 598 g/mol. The molecule has 2 aliphatic heterocycles. The third-order valence-electron chi connectivity index (χ3n) is 7.72. The van der Waals surface area contributed by atoms with Gasteiger partial charge in [-0.3, -0.25) is 4.79 Å². The Morgan fingerprint density at radius 3 is 2.57 bits per heavy atom. The van der Waals surface area contributed by atoms with Crippen LogP contribution in [0.1, 0.15) is 6.92 Å². The molecule has 0 radical (unpaired) electrons. The topological polar surface area (TPSA) is 148 Å². The number of carbonyl (C=O) groups is 1. The lowest BCUT2D eigenvalue weighted by Gasteiger charge is -2.40. The number of nitrogens with zero attached hydrogens (tertiary/aromatic N) is 6. The zero-order valence-corrected chi connectivity index (χ0v) is 24.2. The molecule has 0 aliphatic carbocycles. The minimum atomic E-state index is -4.09. The molecule has 2 fully saturated rings. The number of carbonyl (C=O) groups excluding carboxylic acids is 1. The van der Waals surface area contributed by atoms with Crippen LogP contribution in [0.2, 0.25) is 0 Å². The number of aromatic hydroxyl groups is 1. The number of amides is 1. The molecule has 12 nitrogen and oxygen atoms in total. The van der Waals surface area contributed by atoms with Gasteiger partial charge in [-0.25, -0.2) is 36.5 Å². The number of fused-ring (bicyclic) bond motifs is 1. The summed E-state index contributed by atoms with van der Waals surface area (Å²) in [7, 11) is -4.09. The zero-order chi connectivity index (χ0) is 31.3.